The Bertz CT molecular complexity index is 1390. The highest BCUT2D eigenvalue weighted by Crippen LogP contribution is 2.35. The number of hydrogen-bond donors (Lipinski definition) is 0. The molecule has 3 atom stereocenters. The number of pyridine rings is 1. The van der Waals surface area contributed by atoms with Crippen molar-refractivity contribution in [1.29, 1.82) is 0 Å². The van der Waals surface area contributed by atoms with E-state index in [0.717, 1.165) is 22.7 Å². The molecule has 1 aliphatic carbocycles. The molecule has 11 heteroatoms. The number of halogens is 1. The molecule has 212 valence electrons. The summed E-state index contributed by atoms with van der Waals surface area (Å²) >= 11 is 3.65. The lowest BCUT2D eigenvalue weighted by Gasteiger charge is -2.33. The second-order valence-corrected chi connectivity index (χ2v) is 13.1. The lowest BCUT2D eigenvalue weighted by molar-refractivity contribution is -0.140. The van der Waals surface area contributed by atoms with Crippen LogP contribution in [0.3, 0.4) is 0 Å². The number of benzene rings is 1. The zero-order valence-electron chi connectivity index (χ0n) is 22.7. The van der Waals surface area contributed by atoms with E-state index >= 15 is 0 Å². The van der Waals surface area contributed by atoms with Crippen LogP contribution < -0.4 is 5.56 Å². The number of rotatable bonds is 10. The van der Waals surface area contributed by atoms with E-state index in [4.69, 9.17) is 9.47 Å². The Balaban J connectivity index is 2.24. The van der Waals surface area contributed by atoms with Gasteiger partial charge in [0.1, 0.15) is 11.8 Å². The number of methoxy groups -OCH3 is 2. The summed E-state index contributed by atoms with van der Waals surface area (Å²) in [6.07, 6.45) is 4.40. The minimum Gasteiger partial charge on any atom is -0.468 e. The van der Waals surface area contributed by atoms with Gasteiger partial charge in [-0.05, 0) is 44.2 Å². The number of hydrogen-bond acceptors (Lipinski definition) is 7. The highest BCUT2D eigenvalue weighted by atomic mass is 79.9. The summed E-state index contributed by atoms with van der Waals surface area (Å²) in [6, 6.07) is 8.06. The monoisotopic (exact) mass is 622 g/mol. The second kappa shape index (κ2) is 13.1. The molecule has 0 bridgehead atoms. The summed E-state index contributed by atoms with van der Waals surface area (Å²) < 4.78 is 40.5. The number of nitrogens with zero attached hydrogens (tertiary/aromatic N) is 2. The van der Waals surface area contributed by atoms with E-state index in [1.54, 1.807) is 31.2 Å². The maximum atomic E-state index is 14.1. The molecule has 1 heterocycles. The molecule has 39 heavy (non-hydrogen) atoms. The molecule has 2 aromatic rings. The molecule has 0 radical (unpaired) electrons. The van der Waals surface area contributed by atoms with Crippen LogP contribution in [-0.4, -0.2) is 54.8 Å². The Labute approximate surface area is 238 Å². The lowest BCUT2D eigenvalue weighted by Crippen LogP contribution is -2.41. The molecule has 0 spiro atoms. The van der Waals surface area contributed by atoms with Gasteiger partial charge in [-0.2, -0.15) is 4.31 Å². The van der Waals surface area contributed by atoms with Crippen LogP contribution >= 0.6 is 15.9 Å². The summed E-state index contributed by atoms with van der Waals surface area (Å²) in [5, 5.41) is -1.18. The molecular weight excluding hydrogens is 588 g/mol. The van der Waals surface area contributed by atoms with Crippen molar-refractivity contribution in [3.05, 3.63) is 81.3 Å². The molecule has 1 fully saturated rings. The third-order valence-electron chi connectivity index (χ3n) is 7.05. The molecule has 1 aliphatic rings. The average molecular weight is 624 g/mol. The van der Waals surface area contributed by atoms with E-state index in [-0.39, 0.29) is 27.7 Å². The molecular formula is C28H35BrN2O7S. The van der Waals surface area contributed by atoms with Crippen molar-refractivity contribution < 1.29 is 27.5 Å². The van der Waals surface area contributed by atoms with E-state index in [2.05, 4.69) is 22.5 Å². The predicted molar refractivity (Wildman–Crippen MR) is 152 cm³/mol. The topological polar surface area (TPSA) is 112 Å². The van der Waals surface area contributed by atoms with Gasteiger partial charge in [0.15, 0.2) is 0 Å². The number of aromatic nitrogens is 1. The standard InChI is InChI=1S/C28H35BrN2O7S/c1-6-24(20-12-10-18(2)11-13-20)39(35,36)30(17-26(33)37-4)16-23-27(28(34)38-5)19(3)14-25(32)31(23)22-9-7-8-21(29)15-22/h6,10-14,21-22,24H,1,7-9,15-17H2,2-5H3. The molecule has 1 aromatic heterocycles. The molecule has 9 nitrogen and oxygen atoms in total. The summed E-state index contributed by atoms with van der Waals surface area (Å²) in [4.78, 5) is 39.0. The smallest absolute Gasteiger partial charge is 0.339 e. The molecule has 0 saturated heterocycles. The Kier molecular flexibility index (Phi) is 10.3. The van der Waals surface area contributed by atoms with Gasteiger partial charge >= 0.3 is 11.9 Å². The number of alkyl halides is 1. The van der Waals surface area contributed by atoms with Crippen LogP contribution in [0.25, 0.3) is 0 Å². The Morgan fingerprint density at radius 2 is 1.85 bits per heavy atom. The van der Waals surface area contributed by atoms with Gasteiger partial charge in [0.25, 0.3) is 5.56 Å². The maximum absolute atomic E-state index is 14.1. The van der Waals surface area contributed by atoms with E-state index < -0.39 is 40.3 Å². The minimum absolute atomic E-state index is 0.101. The third-order valence-corrected chi connectivity index (χ3v) is 9.96. The van der Waals surface area contributed by atoms with Gasteiger partial charge in [-0.25, -0.2) is 13.2 Å². The molecule has 0 N–H and O–H groups in total. The van der Waals surface area contributed by atoms with Crippen molar-refractivity contribution in [1.82, 2.24) is 8.87 Å². The molecule has 1 saturated carbocycles. The first kappa shape index (κ1) is 30.8. The van der Waals surface area contributed by atoms with E-state index in [1.807, 2.05) is 6.92 Å². The van der Waals surface area contributed by atoms with Crippen molar-refractivity contribution in [2.75, 3.05) is 20.8 Å². The van der Waals surface area contributed by atoms with Crippen molar-refractivity contribution in [3.8, 4) is 0 Å². The minimum atomic E-state index is -4.28. The first-order valence-electron chi connectivity index (χ1n) is 12.7. The van der Waals surface area contributed by atoms with E-state index in [1.165, 1.54) is 30.9 Å². The van der Waals surface area contributed by atoms with Crippen LogP contribution in [0.15, 0.2) is 47.8 Å². The Hall–Kier alpha value is -2.76. The first-order chi connectivity index (χ1) is 18.4. The van der Waals surface area contributed by atoms with Crippen LogP contribution in [0.5, 0.6) is 0 Å². The van der Waals surface area contributed by atoms with E-state index in [9.17, 15) is 22.8 Å². The van der Waals surface area contributed by atoms with Crippen molar-refractivity contribution >= 4 is 37.9 Å². The van der Waals surface area contributed by atoms with Crippen LogP contribution in [0.1, 0.15) is 69.7 Å². The fourth-order valence-corrected chi connectivity index (χ4v) is 7.45. The number of carbonyl (C=O) groups is 2. The van der Waals surface area contributed by atoms with Gasteiger partial charge in [0.2, 0.25) is 10.0 Å². The molecule has 0 amide bonds. The molecule has 0 aliphatic heterocycles. The molecule has 3 rings (SSSR count). The molecule has 3 unspecified atom stereocenters. The summed E-state index contributed by atoms with van der Waals surface area (Å²) in [7, 11) is -1.89. The van der Waals surface area contributed by atoms with Gasteiger partial charge < -0.3 is 14.0 Å². The lowest BCUT2D eigenvalue weighted by atomic mass is 9.93. The van der Waals surface area contributed by atoms with Crippen LogP contribution in [0.2, 0.25) is 0 Å². The number of aryl methyl sites for hydroxylation is 2. The number of esters is 2. The maximum Gasteiger partial charge on any atom is 0.339 e. The van der Waals surface area contributed by atoms with Gasteiger partial charge in [0, 0.05) is 16.9 Å². The number of carbonyl (C=O) groups excluding carboxylic acids is 2. The Morgan fingerprint density at radius 3 is 2.41 bits per heavy atom. The summed E-state index contributed by atoms with van der Waals surface area (Å²) in [5.41, 5.74) is 1.71. The zero-order valence-corrected chi connectivity index (χ0v) is 25.1. The predicted octanol–water partition coefficient (Wildman–Crippen LogP) is 4.36. The highest BCUT2D eigenvalue weighted by Gasteiger charge is 2.36. The fourth-order valence-electron chi connectivity index (χ4n) is 5.04. The first-order valence-corrected chi connectivity index (χ1v) is 15.1. The molecule has 1 aromatic carbocycles. The average Bonchev–Trinajstić information content (AvgIpc) is 2.89. The number of sulfonamides is 1. The van der Waals surface area contributed by atoms with Gasteiger partial charge in [0.05, 0.1) is 32.0 Å². The van der Waals surface area contributed by atoms with Crippen LogP contribution in [0, 0.1) is 13.8 Å². The van der Waals surface area contributed by atoms with Crippen molar-refractivity contribution in [2.45, 2.75) is 62.2 Å². The Morgan fingerprint density at radius 1 is 1.18 bits per heavy atom. The number of ether oxygens (including phenoxy) is 2. The van der Waals surface area contributed by atoms with E-state index in [0.29, 0.717) is 24.0 Å². The summed E-state index contributed by atoms with van der Waals surface area (Å²) in [6.45, 7) is 6.20. The highest BCUT2D eigenvalue weighted by molar-refractivity contribution is 9.09. The third kappa shape index (κ3) is 6.88. The quantitative estimate of drug-likeness (QED) is 0.220. The second-order valence-electron chi connectivity index (χ2n) is 9.72. The van der Waals surface area contributed by atoms with Crippen LogP contribution in [-0.2, 0) is 30.8 Å². The normalized spacial score (nSPS) is 18.4. The fraction of sp³-hybridized carbons (Fsp3) is 0.464. The van der Waals surface area contributed by atoms with Gasteiger partial charge in [-0.3, -0.25) is 9.59 Å². The van der Waals surface area contributed by atoms with Crippen molar-refractivity contribution in [2.24, 2.45) is 0 Å². The van der Waals surface area contributed by atoms with Gasteiger partial charge in [-0.15, -0.1) is 6.58 Å². The van der Waals surface area contributed by atoms with Crippen molar-refractivity contribution in [3.63, 3.8) is 0 Å². The van der Waals surface area contributed by atoms with Gasteiger partial charge in [-0.1, -0.05) is 58.3 Å². The zero-order chi connectivity index (χ0) is 28.9. The SMILES string of the molecule is C=CC(c1ccc(C)cc1)S(=O)(=O)N(CC(=O)OC)Cc1c(C(=O)OC)c(C)cc(=O)n1C1CCCC(Br)C1. The largest absolute Gasteiger partial charge is 0.468 e. The summed E-state index contributed by atoms with van der Waals surface area (Å²) in [5.74, 6) is -1.48. The van der Waals surface area contributed by atoms with Crippen LogP contribution in [0.4, 0.5) is 0 Å².